The summed E-state index contributed by atoms with van der Waals surface area (Å²) in [6, 6.07) is 6.14. The highest BCUT2D eigenvalue weighted by Crippen LogP contribution is 2.23. The smallest absolute Gasteiger partial charge is 0.323 e. The highest BCUT2D eigenvalue weighted by atomic mass is 79.9. The number of hydrogen-bond acceptors (Lipinski definition) is 5. The van der Waals surface area contributed by atoms with Crippen molar-refractivity contribution < 1.29 is 17.9 Å². The standard InChI is InChI=1S/C12H14BrNO4S/c1-18-12(15)11-7-19(16,17)6-10(14-11)8-2-4-9(13)5-3-8/h2-5,10-11,14H,6-7H2,1H3. The minimum atomic E-state index is -3.27. The van der Waals surface area contributed by atoms with E-state index >= 15 is 0 Å². The molecule has 2 atom stereocenters. The summed E-state index contributed by atoms with van der Waals surface area (Å²) < 4.78 is 29.3. The first-order valence-electron chi connectivity index (χ1n) is 5.71. The van der Waals surface area contributed by atoms with Gasteiger partial charge in [-0.2, -0.15) is 0 Å². The molecule has 1 aromatic rings. The first-order valence-corrected chi connectivity index (χ1v) is 8.32. The fourth-order valence-electron chi connectivity index (χ4n) is 2.08. The molecule has 0 aromatic heterocycles. The average Bonchev–Trinajstić information content (AvgIpc) is 2.36. The van der Waals surface area contributed by atoms with Crippen LogP contribution in [-0.4, -0.2) is 39.0 Å². The van der Waals surface area contributed by atoms with Gasteiger partial charge in [-0.3, -0.25) is 10.1 Å². The van der Waals surface area contributed by atoms with E-state index in [1.807, 2.05) is 24.3 Å². The fraction of sp³-hybridized carbons (Fsp3) is 0.417. The maximum absolute atomic E-state index is 11.9. The highest BCUT2D eigenvalue weighted by molar-refractivity contribution is 9.10. The van der Waals surface area contributed by atoms with Gasteiger partial charge in [-0.15, -0.1) is 0 Å². The number of halogens is 1. The number of carbonyl (C=O) groups excluding carboxylic acids is 1. The molecule has 0 bridgehead atoms. The molecule has 1 saturated heterocycles. The summed E-state index contributed by atoms with van der Waals surface area (Å²) in [5, 5.41) is 3.03. The van der Waals surface area contributed by atoms with Gasteiger partial charge in [0.25, 0.3) is 0 Å². The lowest BCUT2D eigenvalue weighted by atomic mass is 10.1. The van der Waals surface area contributed by atoms with E-state index in [1.54, 1.807) is 0 Å². The third-order valence-electron chi connectivity index (χ3n) is 3.00. The Kier molecular flexibility index (Phi) is 4.27. The van der Waals surface area contributed by atoms with Crippen molar-refractivity contribution in [1.82, 2.24) is 5.32 Å². The molecule has 0 radical (unpaired) electrons. The quantitative estimate of drug-likeness (QED) is 0.809. The first kappa shape index (κ1) is 14.5. The SMILES string of the molecule is COC(=O)C1CS(=O)(=O)CC(c2ccc(Br)cc2)N1. The van der Waals surface area contributed by atoms with E-state index in [4.69, 9.17) is 0 Å². The molecule has 5 nitrogen and oxygen atoms in total. The summed E-state index contributed by atoms with van der Waals surface area (Å²) in [6.07, 6.45) is 0. The number of methoxy groups -OCH3 is 1. The fourth-order valence-corrected chi connectivity index (χ4v) is 4.02. The monoisotopic (exact) mass is 347 g/mol. The number of esters is 1. The zero-order chi connectivity index (χ0) is 14.0. The molecule has 1 aliphatic heterocycles. The predicted molar refractivity (Wildman–Crippen MR) is 74.5 cm³/mol. The van der Waals surface area contributed by atoms with E-state index in [0.717, 1.165) is 10.0 Å². The second-order valence-electron chi connectivity index (χ2n) is 4.42. The Morgan fingerprint density at radius 3 is 2.53 bits per heavy atom. The van der Waals surface area contributed by atoms with Crippen LogP contribution in [-0.2, 0) is 19.4 Å². The van der Waals surface area contributed by atoms with Crippen LogP contribution < -0.4 is 5.32 Å². The van der Waals surface area contributed by atoms with Crippen molar-refractivity contribution in [1.29, 1.82) is 0 Å². The zero-order valence-electron chi connectivity index (χ0n) is 10.3. The summed E-state index contributed by atoms with van der Waals surface area (Å²) >= 11 is 3.33. The van der Waals surface area contributed by atoms with E-state index < -0.39 is 27.9 Å². The van der Waals surface area contributed by atoms with Crippen molar-refractivity contribution >= 4 is 31.7 Å². The molecule has 1 aliphatic rings. The van der Waals surface area contributed by atoms with Crippen LogP contribution in [0.25, 0.3) is 0 Å². The van der Waals surface area contributed by atoms with Crippen LogP contribution in [0.3, 0.4) is 0 Å². The van der Waals surface area contributed by atoms with Crippen LogP contribution in [0, 0.1) is 0 Å². The molecule has 1 heterocycles. The number of ether oxygens (including phenoxy) is 1. The Balaban J connectivity index is 2.25. The Labute approximate surface area is 120 Å². The van der Waals surface area contributed by atoms with Crippen LogP contribution in [0.4, 0.5) is 0 Å². The third-order valence-corrected chi connectivity index (χ3v) is 5.21. The molecule has 104 valence electrons. The zero-order valence-corrected chi connectivity index (χ0v) is 12.7. The van der Waals surface area contributed by atoms with Gasteiger partial charge in [-0.05, 0) is 17.7 Å². The van der Waals surface area contributed by atoms with Crippen molar-refractivity contribution in [3.8, 4) is 0 Å². The number of benzene rings is 1. The van der Waals surface area contributed by atoms with Crippen molar-refractivity contribution in [3.63, 3.8) is 0 Å². The summed E-state index contributed by atoms with van der Waals surface area (Å²) in [4.78, 5) is 11.5. The third kappa shape index (κ3) is 3.55. The normalized spacial score (nSPS) is 25.8. The summed E-state index contributed by atoms with van der Waals surface area (Å²) in [7, 11) is -2.02. The lowest BCUT2D eigenvalue weighted by Gasteiger charge is -2.29. The number of rotatable bonds is 2. The van der Waals surface area contributed by atoms with E-state index in [9.17, 15) is 13.2 Å². The van der Waals surface area contributed by atoms with Crippen LogP contribution in [0.2, 0.25) is 0 Å². The van der Waals surface area contributed by atoms with Crippen LogP contribution in [0.1, 0.15) is 11.6 Å². The molecule has 7 heteroatoms. The Bertz CT molecular complexity index is 570. The molecular weight excluding hydrogens is 334 g/mol. The Hall–Kier alpha value is -0.920. The van der Waals surface area contributed by atoms with E-state index in [1.165, 1.54) is 7.11 Å². The van der Waals surface area contributed by atoms with E-state index in [-0.39, 0.29) is 11.5 Å². The van der Waals surface area contributed by atoms with Gasteiger partial charge in [0, 0.05) is 10.5 Å². The molecule has 1 fully saturated rings. The van der Waals surface area contributed by atoms with Gasteiger partial charge < -0.3 is 4.74 Å². The van der Waals surface area contributed by atoms with Gasteiger partial charge in [0.15, 0.2) is 9.84 Å². The van der Waals surface area contributed by atoms with Gasteiger partial charge >= 0.3 is 5.97 Å². The molecule has 0 amide bonds. The Morgan fingerprint density at radius 2 is 1.95 bits per heavy atom. The lowest BCUT2D eigenvalue weighted by molar-refractivity contribution is -0.142. The second-order valence-corrected chi connectivity index (χ2v) is 7.49. The van der Waals surface area contributed by atoms with Crippen molar-refractivity contribution in [3.05, 3.63) is 34.3 Å². The van der Waals surface area contributed by atoms with Crippen molar-refractivity contribution in [2.45, 2.75) is 12.1 Å². The lowest BCUT2D eigenvalue weighted by Crippen LogP contribution is -2.51. The number of carbonyl (C=O) groups is 1. The number of sulfone groups is 1. The van der Waals surface area contributed by atoms with Gasteiger partial charge in [0.2, 0.25) is 0 Å². The average molecular weight is 348 g/mol. The molecule has 0 aliphatic carbocycles. The summed E-state index contributed by atoms with van der Waals surface area (Å²) in [5.74, 6) is -0.778. The molecule has 0 saturated carbocycles. The number of nitrogens with one attached hydrogen (secondary N) is 1. The minimum Gasteiger partial charge on any atom is -0.468 e. The van der Waals surface area contributed by atoms with Gasteiger partial charge in [-0.25, -0.2) is 8.42 Å². The molecule has 1 aromatic carbocycles. The summed E-state index contributed by atoms with van der Waals surface area (Å²) in [5.41, 5.74) is 0.834. The molecule has 2 rings (SSSR count). The molecular formula is C12H14BrNO4S. The topological polar surface area (TPSA) is 72.5 Å². The molecule has 19 heavy (non-hydrogen) atoms. The van der Waals surface area contributed by atoms with Crippen molar-refractivity contribution in [2.24, 2.45) is 0 Å². The number of hydrogen-bond donors (Lipinski definition) is 1. The largest absolute Gasteiger partial charge is 0.468 e. The first-order chi connectivity index (χ1) is 8.91. The van der Waals surface area contributed by atoms with Gasteiger partial charge in [-0.1, -0.05) is 28.1 Å². The van der Waals surface area contributed by atoms with Gasteiger partial charge in [0.05, 0.1) is 18.6 Å². The van der Waals surface area contributed by atoms with Gasteiger partial charge in [0.1, 0.15) is 6.04 Å². The van der Waals surface area contributed by atoms with Crippen LogP contribution in [0.5, 0.6) is 0 Å². The van der Waals surface area contributed by atoms with E-state index in [0.29, 0.717) is 0 Å². The molecule has 1 N–H and O–H groups in total. The molecule has 0 spiro atoms. The second kappa shape index (κ2) is 5.60. The predicted octanol–water partition coefficient (Wildman–Crippen LogP) is 1.05. The Morgan fingerprint density at radius 1 is 1.32 bits per heavy atom. The minimum absolute atomic E-state index is 0.0118. The van der Waals surface area contributed by atoms with Crippen LogP contribution in [0.15, 0.2) is 28.7 Å². The molecule has 2 unspecified atom stereocenters. The van der Waals surface area contributed by atoms with Crippen molar-refractivity contribution in [2.75, 3.05) is 18.6 Å². The highest BCUT2D eigenvalue weighted by Gasteiger charge is 2.36. The van der Waals surface area contributed by atoms with Crippen LogP contribution >= 0.6 is 15.9 Å². The maximum Gasteiger partial charge on any atom is 0.323 e. The summed E-state index contributed by atoms with van der Waals surface area (Å²) in [6.45, 7) is 0. The van der Waals surface area contributed by atoms with E-state index in [2.05, 4.69) is 26.0 Å². The maximum atomic E-state index is 11.9.